The Balaban J connectivity index is 2.11. The van der Waals surface area contributed by atoms with Gasteiger partial charge in [0.1, 0.15) is 5.82 Å². The van der Waals surface area contributed by atoms with E-state index >= 15 is 0 Å². The molecule has 0 saturated heterocycles. The van der Waals surface area contributed by atoms with Gasteiger partial charge in [-0.05, 0) is 37.2 Å². The van der Waals surface area contributed by atoms with Crippen LogP contribution in [0.25, 0.3) is 0 Å². The molecule has 0 amide bonds. The number of nitrogens with two attached hydrogens (primary N) is 1. The number of rotatable bonds is 4. The van der Waals surface area contributed by atoms with Gasteiger partial charge in [0.15, 0.2) is 10.3 Å². The Kier molecular flexibility index (Phi) is 3.70. The van der Waals surface area contributed by atoms with Crippen molar-refractivity contribution in [3.05, 3.63) is 23.8 Å². The van der Waals surface area contributed by atoms with Gasteiger partial charge in [0.2, 0.25) is 0 Å². The smallest absolute Gasteiger partial charge is 0.198 e. The summed E-state index contributed by atoms with van der Waals surface area (Å²) in [6.45, 7) is 2.51. The van der Waals surface area contributed by atoms with Crippen LogP contribution in [-0.2, 0) is 13.5 Å². The van der Waals surface area contributed by atoms with Gasteiger partial charge < -0.3 is 10.3 Å². The van der Waals surface area contributed by atoms with Crippen LogP contribution in [0.2, 0.25) is 0 Å². The molecule has 0 unspecified atom stereocenters. The second-order valence-electron chi connectivity index (χ2n) is 3.60. The number of hydrogen-bond acceptors (Lipinski definition) is 6. The summed E-state index contributed by atoms with van der Waals surface area (Å²) in [4.78, 5) is 8.52. The molecule has 2 aromatic heterocycles. The molecule has 0 atom stereocenters. The van der Waals surface area contributed by atoms with Gasteiger partial charge in [0.05, 0.1) is 0 Å². The maximum Gasteiger partial charge on any atom is 0.198 e. The largest absolute Gasteiger partial charge is 0.330 e. The Hall–Kier alpha value is -1.47. The van der Waals surface area contributed by atoms with Crippen molar-refractivity contribution < 1.29 is 0 Å². The molecule has 0 aliphatic carbocycles. The summed E-state index contributed by atoms with van der Waals surface area (Å²) in [6, 6.07) is 0. The van der Waals surface area contributed by atoms with Gasteiger partial charge in [0, 0.05) is 19.4 Å². The first-order chi connectivity index (χ1) is 8.20. The van der Waals surface area contributed by atoms with Crippen molar-refractivity contribution in [2.45, 2.75) is 23.7 Å². The summed E-state index contributed by atoms with van der Waals surface area (Å²) in [5, 5.41) is 9.48. The van der Waals surface area contributed by atoms with E-state index in [1.165, 1.54) is 11.8 Å². The summed E-state index contributed by atoms with van der Waals surface area (Å²) in [5.41, 5.74) is 6.51. The molecule has 6 nitrogen and oxygen atoms in total. The maximum atomic E-state index is 5.46. The molecule has 0 spiro atoms. The van der Waals surface area contributed by atoms with Crippen molar-refractivity contribution in [2.75, 3.05) is 6.54 Å². The highest BCUT2D eigenvalue weighted by atomic mass is 32.2. The molecule has 2 aromatic rings. The van der Waals surface area contributed by atoms with Gasteiger partial charge in [-0.15, -0.1) is 10.2 Å². The summed E-state index contributed by atoms with van der Waals surface area (Å²) >= 11 is 1.40. The molecule has 0 radical (unpaired) electrons. The third kappa shape index (κ3) is 2.80. The van der Waals surface area contributed by atoms with Crippen molar-refractivity contribution in [3.63, 3.8) is 0 Å². The van der Waals surface area contributed by atoms with Crippen molar-refractivity contribution in [3.8, 4) is 0 Å². The quantitative estimate of drug-likeness (QED) is 0.799. The van der Waals surface area contributed by atoms with Crippen LogP contribution in [0.3, 0.4) is 0 Å². The van der Waals surface area contributed by atoms with E-state index in [1.54, 1.807) is 12.4 Å². The molecule has 0 saturated carbocycles. The number of nitrogens with zero attached hydrogens (tertiary/aromatic N) is 5. The van der Waals surface area contributed by atoms with Crippen LogP contribution >= 0.6 is 11.8 Å². The normalized spacial score (nSPS) is 10.8. The van der Waals surface area contributed by atoms with Gasteiger partial charge in [-0.2, -0.15) is 0 Å². The molecule has 0 aliphatic heterocycles. The molecule has 2 rings (SSSR count). The van der Waals surface area contributed by atoms with Gasteiger partial charge >= 0.3 is 0 Å². The van der Waals surface area contributed by atoms with Crippen LogP contribution in [0.4, 0.5) is 0 Å². The molecule has 17 heavy (non-hydrogen) atoms. The van der Waals surface area contributed by atoms with Gasteiger partial charge in [-0.25, -0.2) is 9.97 Å². The minimum absolute atomic E-state index is 0.609. The molecule has 0 aromatic carbocycles. The van der Waals surface area contributed by atoms with Gasteiger partial charge in [0.25, 0.3) is 0 Å². The molecule has 0 fully saturated rings. The predicted molar refractivity (Wildman–Crippen MR) is 64.7 cm³/mol. The zero-order chi connectivity index (χ0) is 12.3. The van der Waals surface area contributed by atoms with Crippen LogP contribution in [-0.4, -0.2) is 31.3 Å². The van der Waals surface area contributed by atoms with Crippen LogP contribution in [0.15, 0.2) is 22.7 Å². The monoisotopic (exact) mass is 250 g/mol. The Morgan fingerprint density at radius 3 is 2.53 bits per heavy atom. The highest BCUT2D eigenvalue weighted by Gasteiger charge is 2.08. The second kappa shape index (κ2) is 5.24. The van der Waals surface area contributed by atoms with Crippen LogP contribution in [0.5, 0.6) is 0 Å². The lowest BCUT2D eigenvalue weighted by Gasteiger charge is -2.01. The highest BCUT2D eigenvalue weighted by molar-refractivity contribution is 7.99. The van der Waals surface area contributed by atoms with Crippen molar-refractivity contribution >= 4 is 11.8 Å². The van der Waals surface area contributed by atoms with Crippen LogP contribution < -0.4 is 5.73 Å². The second-order valence-corrected chi connectivity index (χ2v) is 4.54. The highest BCUT2D eigenvalue weighted by Crippen LogP contribution is 2.21. The number of aryl methyl sites for hydroxylation is 1. The summed E-state index contributed by atoms with van der Waals surface area (Å²) in [5.74, 6) is 0.868. The summed E-state index contributed by atoms with van der Waals surface area (Å²) in [6.07, 6.45) is 4.39. The molecular weight excluding hydrogens is 236 g/mol. The number of hydrogen-bond donors (Lipinski definition) is 1. The molecular formula is C10H14N6S. The maximum absolute atomic E-state index is 5.46. The van der Waals surface area contributed by atoms with E-state index in [2.05, 4.69) is 20.2 Å². The van der Waals surface area contributed by atoms with E-state index < -0.39 is 0 Å². The predicted octanol–water partition coefficient (Wildman–Crippen LogP) is 0.566. The Morgan fingerprint density at radius 2 is 2.00 bits per heavy atom. The lowest BCUT2D eigenvalue weighted by Crippen LogP contribution is -2.03. The third-order valence-electron chi connectivity index (χ3n) is 2.35. The molecule has 0 aliphatic rings. The van der Waals surface area contributed by atoms with Gasteiger partial charge in [-0.1, -0.05) is 0 Å². The zero-order valence-corrected chi connectivity index (χ0v) is 10.6. The fraction of sp³-hybridized carbons (Fsp3) is 0.400. The standard InChI is InChI=1S/C10H14N6S/c1-7-14-15-10(16(7)2)17-9-12-5-8(3-4-11)6-13-9/h5-6H,3-4,11H2,1-2H3. The summed E-state index contributed by atoms with van der Waals surface area (Å²) < 4.78 is 1.90. The van der Waals surface area contributed by atoms with Crippen molar-refractivity contribution in [1.82, 2.24) is 24.7 Å². The molecule has 2 N–H and O–H groups in total. The molecule has 7 heteroatoms. The summed E-state index contributed by atoms with van der Waals surface area (Å²) in [7, 11) is 1.92. The van der Waals surface area contributed by atoms with Gasteiger partial charge in [-0.3, -0.25) is 0 Å². The fourth-order valence-electron chi connectivity index (χ4n) is 1.25. The van der Waals surface area contributed by atoms with E-state index in [0.717, 1.165) is 23.0 Å². The van der Waals surface area contributed by atoms with Crippen LogP contribution in [0, 0.1) is 6.92 Å². The third-order valence-corrected chi connectivity index (χ3v) is 3.28. The Morgan fingerprint density at radius 1 is 1.29 bits per heavy atom. The lowest BCUT2D eigenvalue weighted by molar-refractivity contribution is 0.761. The van der Waals surface area contributed by atoms with E-state index in [4.69, 9.17) is 5.73 Å². The van der Waals surface area contributed by atoms with Crippen molar-refractivity contribution in [1.29, 1.82) is 0 Å². The SMILES string of the molecule is Cc1nnc(Sc2ncc(CCN)cn2)n1C. The van der Waals surface area contributed by atoms with Crippen LogP contribution in [0.1, 0.15) is 11.4 Å². The Labute approximate surface area is 104 Å². The van der Waals surface area contributed by atoms with E-state index in [0.29, 0.717) is 11.7 Å². The Bertz CT molecular complexity index is 492. The topological polar surface area (TPSA) is 82.5 Å². The average molecular weight is 250 g/mol. The first-order valence-electron chi connectivity index (χ1n) is 5.25. The first kappa shape index (κ1) is 12.0. The van der Waals surface area contributed by atoms with Crippen molar-refractivity contribution in [2.24, 2.45) is 12.8 Å². The average Bonchev–Trinajstić information content (AvgIpc) is 2.64. The first-order valence-corrected chi connectivity index (χ1v) is 6.07. The molecule has 2 heterocycles. The van der Waals surface area contributed by atoms with E-state index in [-0.39, 0.29) is 0 Å². The molecule has 0 bridgehead atoms. The minimum Gasteiger partial charge on any atom is -0.330 e. The zero-order valence-electron chi connectivity index (χ0n) is 9.79. The van der Waals surface area contributed by atoms with E-state index in [9.17, 15) is 0 Å². The fourth-order valence-corrected chi connectivity index (χ4v) is 1.97. The van der Waals surface area contributed by atoms with E-state index in [1.807, 2.05) is 18.5 Å². The lowest BCUT2D eigenvalue weighted by atomic mass is 10.2. The minimum atomic E-state index is 0.609. The number of aromatic nitrogens is 5. The molecule has 90 valence electrons.